The highest BCUT2D eigenvalue weighted by molar-refractivity contribution is 7.91. The van der Waals surface area contributed by atoms with Crippen molar-refractivity contribution in [2.45, 2.75) is 12.5 Å². The molecule has 0 bridgehead atoms. The minimum atomic E-state index is -2.96. The van der Waals surface area contributed by atoms with Gasteiger partial charge in [0.1, 0.15) is 0 Å². The average Bonchev–Trinajstić information content (AvgIpc) is 2.69. The van der Waals surface area contributed by atoms with Crippen LogP contribution in [-0.4, -0.2) is 80.8 Å². The van der Waals surface area contributed by atoms with Crippen LogP contribution in [0.5, 0.6) is 0 Å². The Labute approximate surface area is 112 Å². The van der Waals surface area contributed by atoms with Crippen LogP contribution in [-0.2, 0) is 19.4 Å². The van der Waals surface area contributed by atoms with Crippen molar-refractivity contribution in [2.24, 2.45) is 0 Å². The lowest BCUT2D eigenvalue weighted by atomic mass is 10.2. The standard InChI is InChI=1S/C11H19N3O4S/c15-9-14-4-2-13(3-5-14)7-11(16)12-10-1-6-19(17,18)8-10/h9-10H,1-8H2,(H,12,16). The van der Waals surface area contributed by atoms with Gasteiger partial charge in [0, 0.05) is 32.2 Å². The molecule has 2 amide bonds. The van der Waals surface area contributed by atoms with Crippen molar-refractivity contribution in [1.29, 1.82) is 0 Å². The molecule has 0 aromatic carbocycles. The van der Waals surface area contributed by atoms with Crippen LogP contribution in [0.25, 0.3) is 0 Å². The van der Waals surface area contributed by atoms with Crippen LogP contribution in [0, 0.1) is 0 Å². The van der Waals surface area contributed by atoms with Gasteiger partial charge in [0.25, 0.3) is 0 Å². The molecule has 2 rings (SSSR count). The maximum Gasteiger partial charge on any atom is 0.234 e. The number of carbonyl (C=O) groups is 2. The molecule has 0 aromatic rings. The van der Waals surface area contributed by atoms with Gasteiger partial charge >= 0.3 is 0 Å². The molecule has 1 N–H and O–H groups in total. The molecule has 2 aliphatic rings. The van der Waals surface area contributed by atoms with Gasteiger partial charge in [0.05, 0.1) is 18.1 Å². The van der Waals surface area contributed by atoms with Crippen molar-refractivity contribution in [3.05, 3.63) is 0 Å². The van der Waals surface area contributed by atoms with Crippen molar-refractivity contribution in [1.82, 2.24) is 15.1 Å². The fourth-order valence-electron chi connectivity index (χ4n) is 2.41. The molecule has 0 saturated carbocycles. The van der Waals surface area contributed by atoms with E-state index in [1.54, 1.807) is 4.90 Å². The Morgan fingerprint density at radius 2 is 1.95 bits per heavy atom. The topological polar surface area (TPSA) is 86.8 Å². The van der Waals surface area contributed by atoms with Crippen LogP contribution in [0.15, 0.2) is 0 Å². The summed E-state index contributed by atoms with van der Waals surface area (Å²) in [6.07, 6.45) is 1.33. The molecule has 1 atom stereocenters. The van der Waals surface area contributed by atoms with Crippen molar-refractivity contribution < 1.29 is 18.0 Å². The van der Waals surface area contributed by atoms with E-state index >= 15 is 0 Å². The van der Waals surface area contributed by atoms with E-state index < -0.39 is 9.84 Å². The first kappa shape index (κ1) is 14.3. The molecule has 19 heavy (non-hydrogen) atoms. The van der Waals surface area contributed by atoms with Gasteiger partial charge in [-0.15, -0.1) is 0 Å². The summed E-state index contributed by atoms with van der Waals surface area (Å²) in [5, 5.41) is 2.76. The number of nitrogens with zero attached hydrogens (tertiary/aromatic N) is 2. The SMILES string of the molecule is O=CN1CCN(CC(=O)NC2CCS(=O)(=O)C2)CC1. The zero-order valence-electron chi connectivity index (χ0n) is 10.7. The minimum Gasteiger partial charge on any atom is -0.351 e. The Kier molecular flexibility index (Phi) is 4.41. The molecule has 0 aliphatic carbocycles. The first-order valence-electron chi connectivity index (χ1n) is 6.40. The molecule has 2 aliphatic heterocycles. The highest BCUT2D eigenvalue weighted by Gasteiger charge is 2.29. The Hall–Kier alpha value is -1.15. The van der Waals surface area contributed by atoms with Crippen LogP contribution < -0.4 is 5.32 Å². The quantitative estimate of drug-likeness (QED) is 0.609. The largest absolute Gasteiger partial charge is 0.351 e. The number of rotatable bonds is 4. The number of piperazine rings is 1. The minimum absolute atomic E-state index is 0.0532. The summed E-state index contributed by atoms with van der Waals surface area (Å²) in [4.78, 5) is 26.0. The molecule has 108 valence electrons. The van der Waals surface area contributed by atoms with E-state index in [-0.39, 0.29) is 30.0 Å². The van der Waals surface area contributed by atoms with Crippen LogP contribution in [0.4, 0.5) is 0 Å². The molecular formula is C11H19N3O4S. The third-order valence-corrected chi connectivity index (χ3v) is 5.29. The van der Waals surface area contributed by atoms with Gasteiger partial charge in [-0.25, -0.2) is 8.42 Å². The molecule has 2 heterocycles. The van der Waals surface area contributed by atoms with Gasteiger partial charge in [0.2, 0.25) is 12.3 Å². The number of amides is 2. The highest BCUT2D eigenvalue weighted by Crippen LogP contribution is 2.11. The molecule has 1 unspecified atom stereocenters. The third-order valence-electron chi connectivity index (χ3n) is 3.52. The summed E-state index contributed by atoms with van der Waals surface area (Å²) in [7, 11) is -2.96. The monoisotopic (exact) mass is 289 g/mol. The zero-order valence-corrected chi connectivity index (χ0v) is 11.6. The van der Waals surface area contributed by atoms with E-state index in [9.17, 15) is 18.0 Å². The Morgan fingerprint density at radius 3 is 2.47 bits per heavy atom. The van der Waals surface area contributed by atoms with Gasteiger partial charge < -0.3 is 10.2 Å². The predicted molar refractivity (Wildman–Crippen MR) is 69.3 cm³/mol. The summed E-state index contributed by atoms with van der Waals surface area (Å²) < 4.78 is 22.6. The molecule has 7 nitrogen and oxygen atoms in total. The summed E-state index contributed by atoms with van der Waals surface area (Å²) in [6, 6.07) is -0.242. The van der Waals surface area contributed by atoms with Crippen molar-refractivity contribution >= 4 is 22.2 Å². The summed E-state index contributed by atoms with van der Waals surface area (Å²) in [5.41, 5.74) is 0. The number of nitrogens with one attached hydrogen (secondary N) is 1. The van der Waals surface area contributed by atoms with Gasteiger partial charge in [-0.3, -0.25) is 14.5 Å². The van der Waals surface area contributed by atoms with E-state index in [2.05, 4.69) is 5.32 Å². The maximum absolute atomic E-state index is 11.8. The van der Waals surface area contributed by atoms with Crippen LogP contribution in [0.3, 0.4) is 0 Å². The smallest absolute Gasteiger partial charge is 0.234 e. The number of hydrogen-bond acceptors (Lipinski definition) is 5. The summed E-state index contributed by atoms with van der Waals surface area (Å²) in [5.74, 6) is 0.0785. The van der Waals surface area contributed by atoms with Gasteiger partial charge in [0.15, 0.2) is 9.84 Å². The Bertz CT molecular complexity index is 443. The second kappa shape index (κ2) is 5.87. The fraction of sp³-hybridized carbons (Fsp3) is 0.818. The number of hydrogen-bond donors (Lipinski definition) is 1. The lowest BCUT2D eigenvalue weighted by Gasteiger charge is -2.32. The van der Waals surface area contributed by atoms with Crippen molar-refractivity contribution in [2.75, 3.05) is 44.2 Å². The van der Waals surface area contributed by atoms with Crippen molar-refractivity contribution in [3.63, 3.8) is 0 Å². The van der Waals surface area contributed by atoms with E-state index in [1.807, 2.05) is 4.90 Å². The highest BCUT2D eigenvalue weighted by atomic mass is 32.2. The predicted octanol–water partition coefficient (Wildman–Crippen LogP) is -1.94. The normalized spacial score (nSPS) is 27.2. The average molecular weight is 289 g/mol. The molecule has 2 saturated heterocycles. The van der Waals surface area contributed by atoms with Crippen LogP contribution in [0.1, 0.15) is 6.42 Å². The molecule has 8 heteroatoms. The lowest BCUT2D eigenvalue weighted by molar-refractivity contribution is -0.124. The summed E-state index contributed by atoms with van der Waals surface area (Å²) in [6.45, 7) is 2.89. The lowest BCUT2D eigenvalue weighted by Crippen LogP contribution is -2.50. The first-order valence-corrected chi connectivity index (χ1v) is 8.22. The first-order chi connectivity index (χ1) is 8.98. The summed E-state index contributed by atoms with van der Waals surface area (Å²) >= 11 is 0. The van der Waals surface area contributed by atoms with Gasteiger partial charge in [-0.05, 0) is 6.42 Å². The van der Waals surface area contributed by atoms with E-state index in [4.69, 9.17) is 0 Å². The molecule has 2 fully saturated rings. The van der Waals surface area contributed by atoms with Gasteiger partial charge in [-0.2, -0.15) is 0 Å². The Balaban J connectivity index is 1.72. The number of carbonyl (C=O) groups excluding carboxylic acids is 2. The van der Waals surface area contributed by atoms with Crippen molar-refractivity contribution in [3.8, 4) is 0 Å². The zero-order chi connectivity index (χ0) is 13.9. The van der Waals surface area contributed by atoms with E-state index in [0.717, 1.165) is 6.41 Å². The van der Waals surface area contributed by atoms with E-state index in [0.29, 0.717) is 32.6 Å². The second-order valence-electron chi connectivity index (χ2n) is 5.08. The fourth-order valence-corrected chi connectivity index (χ4v) is 4.09. The van der Waals surface area contributed by atoms with Crippen LogP contribution >= 0.6 is 0 Å². The van der Waals surface area contributed by atoms with E-state index in [1.165, 1.54) is 0 Å². The van der Waals surface area contributed by atoms with Crippen LogP contribution in [0.2, 0.25) is 0 Å². The molecular weight excluding hydrogens is 270 g/mol. The molecule has 0 spiro atoms. The number of sulfone groups is 1. The second-order valence-corrected chi connectivity index (χ2v) is 7.31. The molecule has 0 radical (unpaired) electrons. The third kappa shape index (κ3) is 4.17. The molecule has 0 aromatic heterocycles. The van der Waals surface area contributed by atoms with Gasteiger partial charge in [-0.1, -0.05) is 0 Å². The maximum atomic E-state index is 11.8. The Morgan fingerprint density at radius 1 is 1.26 bits per heavy atom.